The molecule has 14 heteroatoms. The van der Waals surface area contributed by atoms with Crippen LogP contribution in [-0.4, -0.2) is 74.9 Å². The highest BCUT2D eigenvalue weighted by molar-refractivity contribution is 5.78. The summed E-state index contributed by atoms with van der Waals surface area (Å²) in [6, 6.07) is 2.95. The van der Waals surface area contributed by atoms with Crippen LogP contribution < -0.4 is 0 Å². The van der Waals surface area contributed by atoms with E-state index < -0.39 is 45.5 Å². The van der Waals surface area contributed by atoms with E-state index >= 15 is 0 Å². The molecule has 0 bridgehead atoms. The quantitative estimate of drug-likeness (QED) is 0.0240. The number of hydrogen-bond acceptors (Lipinski definition) is 10. The molecule has 336 valence electrons. The molecule has 2 aliphatic carbocycles. The summed E-state index contributed by atoms with van der Waals surface area (Å²) in [6.07, 6.45) is 13.9. The molecule has 0 heterocycles. The van der Waals surface area contributed by atoms with E-state index in [0.717, 1.165) is 38.5 Å². The highest BCUT2D eigenvalue weighted by Gasteiger charge is 2.50. The number of carboxylic acid groups (broad SMARTS) is 4. The van der Waals surface area contributed by atoms with E-state index in [1.165, 1.54) is 12.1 Å². The molecule has 2 aromatic rings. The second kappa shape index (κ2) is 21.1. The van der Waals surface area contributed by atoms with E-state index in [-0.39, 0.29) is 34.5 Å². The Morgan fingerprint density at radius 2 is 0.783 bits per heavy atom. The summed E-state index contributed by atoms with van der Waals surface area (Å²) in [5.41, 5.74) is -1.15. The molecule has 0 atom stereocenters. The summed E-state index contributed by atoms with van der Waals surface area (Å²) in [5.74, 6) is -4.32. The van der Waals surface area contributed by atoms with Crippen LogP contribution in [0.5, 0.6) is 34.5 Å². The summed E-state index contributed by atoms with van der Waals surface area (Å²) < 4.78 is 0. The number of aromatic hydroxyl groups is 6. The van der Waals surface area contributed by atoms with Crippen LogP contribution in [0, 0.1) is 21.7 Å². The number of carboxylic acids is 4. The van der Waals surface area contributed by atoms with E-state index in [1.54, 1.807) is 27.7 Å². The Morgan fingerprint density at radius 1 is 0.467 bits per heavy atom. The van der Waals surface area contributed by atoms with Crippen LogP contribution in [0.2, 0.25) is 0 Å². The molecule has 0 aliphatic heterocycles. The van der Waals surface area contributed by atoms with E-state index in [4.69, 9.17) is 10.2 Å². The van der Waals surface area contributed by atoms with E-state index in [2.05, 4.69) is 0 Å². The topological polar surface area (TPSA) is 271 Å². The molecule has 10 N–H and O–H groups in total. The molecule has 0 saturated heterocycles. The minimum Gasteiger partial charge on any atom is -0.508 e. The minimum atomic E-state index is -0.825. The van der Waals surface area contributed by atoms with Gasteiger partial charge >= 0.3 is 23.9 Å². The zero-order valence-electron chi connectivity index (χ0n) is 35.8. The van der Waals surface area contributed by atoms with Crippen molar-refractivity contribution in [2.45, 2.75) is 169 Å². The van der Waals surface area contributed by atoms with Gasteiger partial charge in [0.25, 0.3) is 0 Å². The Hall–Kier alpha value is -4.88. The highest BCUT2D eigenvalue weighted by atomic mass is 16.4. The minimum absolute atomic E-state index is 0.0598. The lowest BCUT2D eigenvalue weighted by molar-refractivity contribution is -0.148. The van der Waals surface area contributed by atoms with Gasteiger partial charge in [-0.25, -0.2) is 0 Å². The number of hydrogen-bond donors (Lipinski definition) is 10. The van der Waals surface area contributed by atoms with Gasteiger partial charge in [-0.15, -0.1) is 0 Å². The molecule has 60 heavy (non-hydrogen) atoms. The SMILES string of the molecule is CC(C)(CCCCCc1c(O)cc(CCCCC2(C(=O)O)CC2)c(O)c1O)C(=O)O.CC(C)(CCCCCc1cc(O)c(CCCCC2(C(=O)O)CC2)c(O)c1O)C(=O)O. The smallest absolute Gasteiger partial charge is 0.309 e. The number of unbranched alkanes of at least 4 members (excludes halogenated alkanes) is 6. The number of benzene rings is 2. The van der Waals surface area contributed by atoms with Crippen molar-refractivity contribution < 1.29 is 70.2 Å². The Kier molecular flexibility index (Phi) is 17.4. The fraction of sp³-hybridized carbons (Fsp3) is 0.652. The number of carbonyl (C=O) groups is 4. The summed E-state index contributed by atoms with van der Waals surface area (Å²) in [6.45, 7) is 6.77. The highest BCUT2D eigenvalue weighted by Crippen LogP contribution is 2.51. The Bertz CT molecular complexity index is 1820. The molecule has 2 aliphatic rings. The first-order valence-corrected chi connectivity index (χ1v) is 21.4. The first kappa shape index (κ1) is 49.5. The van der Waals surface area contributed by atoms with Gasteiger partial charge in [0.05, 0.1) is 21.7 Å². The molecule has 2 saturated carbocycles. The van der Waals surface area contributed by atoms with Crippen LogP contribution in [0.3, 0.4) is 0 Å². The van der Waals surface area contributed by atoms with Gasteiger partial charge in [-0.2, -0.15) is 0 Å². The third-order valence-corrected chi connectivity index (χ3v) is 12.8. The molecular weight excluding hydrogens is 776 g/mol. The standard InChI is InChI=1S/2C23H34O7/c1-22(2,20(27)28)10-6-3-4-9-16-17(24)14-15(18(25)19(16)26)8-5-7-11-23(12-13-23)21(29)30;1-22(2,20(27)28)10-6-3-4-8-15-14-17(24)16(19(26)18(15)25)9-5-7-11-23(12-13-23)21(29)30/h2*14,24-26H,3-13H2,1-2H3,(H,27,28)(H,29,30). The molecule has 0 unspecified atom stereocenters. The molecule has 0 amide bonds. The van der Waals surface area contributed by atoms with Crippen LogP contribution in [-0.2, 0) is 44.9 Å². The van der Waals surface area contributed by atoms with Crippen LogP contribution in [0.15, 0.2) is 12.1 Å². The molecule has 0 aromatic heterocycles. The van der Waals surface area contributed by atoms with Crippen molar-refractivity contribution in [2.75, 3.05) is 0 Å². The fourth-order valence-electron chi connectivity index (χ4n) is 7.65. The predicted octanol–water partition coefficient (Wildman–Crippen LogP) is 9.19. The lowest BCUT2D eigenvalue weighted by atomic mass is 9.87. The maximum atomic E-state index is 11.2. The fourth-order valence-corrected chi connectivity index (χ4v) is 7.65. The van der Waals surface area contributed by atoms with Crippen molar-refractivity contribution in [1.29, 1.82) is 0 Å². The maximum Gasteiger partial charge on any atom is 0.309 e. The summed E-state index contributed by atoms with van der Waals surface area (Å²) in [7, 11) is 0. The van der Waals surface area contributed by atoms with Crippen molar-refractivity contribution >= 4 is 23.9 Å². The molecule has 2 aromatic carbocycles. The van der Waals surface area contributed by atoms with Gasteiger partial charge in [0.1, 0.15) is 11.5 Å². The molecular formula is C46H68O14. The van der Waals surface area contributed by atoms with Crippen molar-refractivity contribution in [3.05, 3.63) is 34.4 Å². The zero-order chi connectivity index (χ0) is 45.1. The van der Waals surface area contributed by atoms with Gasteiger partial charge in [-0.05, 0) is 143 Å². The van der Waals surface area contributed by atoms with E-state index in [1.807, 2.05) is 0 Å². The largest absolute Gasteiger partial charge is 0.508 e. The van der Waals surface area contributed by atoms with Crippen molar-refractivity contribution in [2.24, 2.45) is 21.7 Å². The molecule has 2 fully saturated rings. The van der Waals surface area contributed by atoms with Gasteiger partial charge in [0.2, 0.25) is 0 Å². The second-order valence-electron chi connectivity index (χ2n) is 18.5. The van der Waals surface area contributed by atoms with Crippen LogP contribution in [0.4, 0.5) is 0 Å². The monoisotopic (exact) mass is 844 g/mol. The van der Waals surface area contributed by atoms with Gasteiger partial charge in [0.15, 0.2) is 23.0 Å². The summed E-state index contributed by atoms with van der Waals surface area (Å²) in [5, 5.41) is 98.5. The number of phenolic OH excluding ortho intramolecular Hbond substituents is 6. The number of phenols is 6. The van der Waals surface area contributed by atoms with Crippen LogP contribution >= 0.6 is 0 Å². The third-order valence-electron chi connectivity index (χ3n) is 12.8. The van der Waals surface area contributed by atoms with Crippen molar-refractivity contribution in [3.8, 4) is 34.5 Å². The van der Waals surface area contributed by atoms with Crippen molar-refractivity contribution in [3.63, 3.8) is 0 Å². The van der Waals surface area contributed by atoms with Crippen molar-refractivity contribution in [1.82, 2.24) is 0 Å². The predicted molar refractivity (Wildman–Crippen MR) is 224 cm³/mol. The molecule has 0 radical (unpaired) electrons. The van der Waals surface area contributed by atoms with Gasteiger partial charge in [0, 0.05) is 22.3 Å². The number of aryl methyl sites for hydroxylation is 2. The maximum absolute atomic E-state index is 11.2. The Labute approximate surface area is 352 Å². The number of rotatable bonds is 26. The van der Waals surface area contributed by atoms with Crippen LogP contribution in [0.25, 0.3) is 0 Å². The molecule has 0 spiro atoms. The average molecular weight is 845 g/mol. The van der Waals surface area contributed by atoms with E-state index in [0.29, 0.717) is 125 Å². The lowest BCUT2D eigenvalue weighted by Crippen LogP contribution is -2.23. The number of aliphatic carboxylic acids is 4. The van der Waals surface area contributed by atoms with Crippen LogP contribution in [0.1, 0.15) is 166 Å². The molecule has 14 nitrogen and oxygen atoms in total. The average Bonchev–Trinajstić information content (AvgIpc) is 4.11. The zero-order valence-corrected chi connectivity index (χ0v) is 35.8. The van der Waals surface area contributed by atoms with Gasteiger partial charge < -0.3 is 51.1 Å². The Morgan fingerprint density at radius 3 is 1.10 bits per heavy atom. The Balaban J connectivity index is 0.000000320. The molecule has 4 rings (SSSR count). The lowest BCUT2D eigenvalue weighted by Gasteiger charge is -2.18. The van der Waals surface area contributed by atoms with Gasteiger partial charge in [-0.3, -0.25) is 19.2 Å². The summed E-state index contributed by atoms with van der Waals surface area (Å²) >= 11 is 0. The normalized spacial score (nSPS) is 15.1. The van der Waals surface area contributed by atoms with Gasteiger partial charge in [-0.1, -0.05) is 38.5 Å². The first-order valence-electron chi connectivity index (χ1n) is 21.4. The summed E-state index contributed by atoms with van der Waals surface area (Å²) in [4.78, 5) is 44.6. The van der Waals surface area contributed by atoms with E-state index in [9.17, 15) is 60.0 Å². The third kappa shape index (κ3) is 13.6. The first-order chi connectivity index (χ1) is 28.0. The second-order valence-corrected chi connectivity index (χ2v) is 18.5.